The highest BCUT2D eigenvalue weighted by Crippen LogP contribution is 2.21. The molecule has 0 spiro atoms. The van der Waals surface area contributed by atoms with Crippen LogP contribution in [0.4, 0.5) is 5.69 Å². The molecule has 0 unspecified atom stereocenters. The van der Waals surface area contributed by atoms with Crippen molar-refractivity contribution >= 4 is 50.1 Å². The Morgan fingerprint density at radius 1 is 1.47 bits per heavy atom. The van der Waals surface area contributed by atoms with Crippen LogP contribution < -0.4 is 5.32 Å². The predicted octanol–water partition coefficient (Wildman–Crippen LogP) is 2.89. The summed E-state index contributed by atoms with van der Waals surface area (Å²) in [5.41, 5.74) is 0.763. The van der Waals surface area contributed by atoms with Crippen LogP contribution in [0.3, 0.4) is 0 Å². The van der Waals surface area contributed by atoms with Gasteiger partial charge in [-0.2, -0.15) is 5.10 Å². The molecule has 4 nitrogen and oxygen atoms in total. The molecule has 6 heteroatoms. The number of para-hydroxylation sites is 1. The average Bonchev–Trinajstić information content (AvgIpc) is 2.67. The molecule has 2 aromatic rings. The fourth-order valence-electron chi connectivity index (χ4n) is 1.32. The number of aromatic nitrogens is 2. The highest BCUT2D eigenvalue weighted by molar-refractivity contribution is 14.1. The maximum Gasteiger partial charge on any atom is 0.246 e. The van der Waals surface area contributed by atoms with E-state index < -0.39 is 0 Å². The molecule has 0 aliphatic heterocycles. The van der Waals surface area contributed by atoms with E-state index in [1.807, 2.05) is 30.5 Å². The van der Waals surface area contributed by atoms with Crippen LogP contribution in [-0.2, 0) is 11.3 Å². The molecule has 88 valence electrons. The molecule has 0 aliphatic rings. The molecule has 0 radical (unpaired) electrons. The molecule has 1 N–H and O–H groups in total. The summed E-state index contributed by atoms with van der Waals surface area (Å²) in [7, 11) is 0. The molecule has 0 bridgehead atoms. The zero-order valence-corrected chi connectivity index (χ0v) is 12.5. The van der Waals surface area contributed by atoms with E-state index in [1.165, 1.54) is 0 Å². The second kappa shape index (κ2) is 5.63. The van der Waals surface area contributed by atoms with Crippen molar-refractivity contribution in [3.63, 3.8) is 0 Å². The second-order valence-corrected chi connectivity index (χ2v) is 5.48. The zero-order chi connectivity index (χ0) is 12.3. The Bertz CT molecular complexity index is 541. The van der Waals surface area contributed by atoms with Gasteiger partial charge in [-0.25, -0.2) is 0 Å². The Morgan fingerprint density at radius 3 is 2.88 bits per heavy atom. The lowest BCUT2D eigenvalue weighted by atomic mass is 10.3. The van der Waals surface area contributed by atoms with Gasteiger partial charge in [-0.3, -0.25) is 9.48 Å². The van der Waals surface area contributed by atoms with Crippen molar-refractivity contribution in [2.75, 3.05) is 5.32 Å². The van der Waals surface area contributed by atoms with Crippen molar-refractivity contribution < 1.29 is 4.79 Å². The monoisotopic (exact) mass is 405 g/mol. The molecule has 0 saturated heterocycles. The van der Waals surface area contributed by atoms with Crippen LogP contribution >= 0.6 is 38.5 Å². The third-order valence-corrected chi connectivity index (χ3v) is 3.30. The maximum atomic E-state index is 11.7. The highest BCUT2D eigenvalue weighted by Gasteiger charge is 2.06. The van der Waals surface area contributed by atoms with E-state index >= 15 is 0 Å². The quantitative estimate of drug-likeness (QED) is 0.798. The lowest BCUT2D eigenvalue weighted by Gasteiger charge is -2.06. The number of nitrogens with one attached hydrogen (secondary N) is 1. The normalized spacial score (nSPS) is 10.2. The van der Waals surface area contributed by atoms with Gasteiger partial charge in [-0.05, 0) is 50.7 Å². The first kappa shape index (κ1) is 12.6. The molecule has 1 heterocycles. The first-order valence-corrected chi connectivity index (χ1v) is 6.74. The van der Waals surface area contributed by atoms with Gasteiger partial charge >= 0.3 is 0 Å². The Morgan fingerprint density at radius 2 is 2.24 bits per heavy atom. The summed E-state index contributed by atoms with van der Waals surface area (Å²) in [5, 5.41) is 6.88. The lowest BCUT2D eigenvalue weighted by molar-refractivity contribution is -0.116. The Balaban J connectivity index is 2.01. The highest BCUT2D eigenvalue weighted by atomic mass is 127. The third kappa shape index (κ3) is 3.53. The van der Waals surface area contributed by atoms with E-state index in [-0.39, 0.29) is 12.5 Å². The van der Waals surface area contributed by atoms with E-state index in [1.54, 1.807) is 10.9 Å². The van der Waals surface area contributed by atoms with Gasteiger partial charge < -0.3 is 5.32 Å². The summed E-state index contributed by atoms with van der Waals surface area (Å²) < 4.78 is 3.48. The Kier molecular flexibility index (Phi) is 4.16. The second-order valence-electron chi connectivity index (χ2n) is 3.38. The fourth-order valence-corrected chi connectivity index (χ4v) is 2.15. The number of benzene rings is 1. The van der Waals surface area contributed by atoms with Crippen LogP contribution in [0.25, 0.3) is 0 Å². The van der Waals surface area contributed by atoms with Crippen molar-refractivity contribution in [1.82, 2.24) is 9.78 Å². The van der Waals surface area contributed by atoms with Gasteiger partial charge in [-0.1, -0.05) is 12.1 Å². The molecule has 0 aliphatic carbocycles. The van der Waals surface area contributed by atoms with E-state index in [0.717, 1.165) is 13.7 Å². The summed E-state index contributed by atoms with van der Waals surface area (Å²) in [6, 6.07) is 7.49. The number of amides is 1. The lowest BCUT2D eigenvalue weighted by Crippen LogP contribution is -2.19. The van der Waals surface area contributed by atoms with Gasteiger partial charge in [0, 0.05) is 10.7 Å². The molecule has 1 aromatic heterocycles. The molecule has 2 rings (SSSR count). The van der Waals surface area contributed by atoms with E-state index in [4.69, 9.17) is 0 Å². The van der Waals surface area contributed by atoms with Gasteiger partial charge in [-0.15, -0.1) is 0 Å². The Hall–Kier alpha value is -0.890. The number of halogens is 2. The Labute approximate surface area is 121 Å². The molecule has 1 aromatic carbocycles. The van der Waals surface area contributed by atoms with E-state index in [9.17, 15) is 4.79 Å². The molecule has 1 amide bonds. The van der Waals surface area contributed by atoms with Crippen molar-refractivity contribution in [2.24, 2.45) is 0 Å². The van der Waals surface area contributed by atoms with Crippen molar-refractivity contribution in [3.8, 4) is 0 Å². The summed E-state index contributed by atoms with van der Waals surface area (Å²) in [5.74, 6) is -0.101. The zero-order valence-electron chi connectivity index (χ0n) is 8.73. The smallest absolute Gasteiger partial charge is 0.246 e. The minimum absolute atomic E-state index is 0.101. The third-order valence-electron chi connectivity index (χ3n) is 2.06. The number of nitrogens with zero attached hydrogens (tertiary/aromatic N) is 2. The molecular weight excluding hydrogens is 397 g/mol. The number of rotatable bonds is 3. The van der Waals surface area contributed by atoms with E-state index in [2.05, 4.69) is 48.9 Å². The number of carbonyl (C=O) groups excluding carboxylic acids is 1. The number of hydrogen-bond acceptors (Lipinski definition) is 2. The van der Waals surface area contributed by atoms with Gasteiger partial charge in [0.05, 0.1) is 15.5 Å². The minimum atomic E-state index is -0.101. The number of hydrogen-bond donors (Lipinski definition) is 1. The van der Waals surface area contributed by atoms with Crippen LogP contribution in [0.15, 0.2) is 41.1 Å². The molecular formula is C11H9BrIN3O. The van der Waals surface area contributed by atoms with Crippen LogP contribution in [0.2, 0.25) is 0 Å². The van der Waals surface area contributed by atoms with Crippen LogP contribution in [0.5, 0.6) is 0 Å². The number of anilines is 1. The predicted molar refractivity (Wildman–Crippen MR) is 77.7 cm³/mol. The van der Waals surface area contributed by atoms with Gasteiger partial charge in [0.25, 0.3) is 0 Å². The van der Waals surface area contributed by atoms with E-state index in [0.29, 0.717) is 0 Å². The SMILES string of the molecule is O=C(Cn1cc(I)cn1)Nc1ccccc1Br. The van der Waals surface area contributed by atoms with Gasteiger partial charge in [0.15, 0.2) is 0 Å². The topological polar surface area (TPSA) is 46.9 Å². The minimum Gasteiger partial charge on any atom is -0.323 e. The van der Waals surface area contributed by atoms with Crippen LogP contribution in [0, 0.1) is 3.57 Å². The summed E-state index contributed by atoms with van der Waals surface area (Å²) >= 11 is 5.53. The van der Waals surface area contributed by atoms with Crippen molar-refractivity contribution in [2.45, 2.75) is 6.54 Å². The fraction of sp³-hybridized carbons (Fsp3) is 0.0909. The standard InChI is InChI=1S/C11H9BrIN3O/c12-9-3-1-2-4-10(9)15-11(17)7-16-6-8(13)5-14-16/h1-6H,7H2,(H,15,17). The maximum absolute atomic E-state index is 11.7. The first-order chi connectivity index (χ1) is 8.15. The molecule has 0 saturated carbocycles. The van der Waals surface area contributed by atoms with Crippen LogP contribution in [0.1, 0.15) is 0 Å². The summed E-state index contributed by atoms with van der Waals surface area (Å²) in [4.78, 5) is 11.7. The number of carbonyl (C=O) groups is 1. The average molecular weight is 406 g/mol. The molecule has 0 fully saturated rings. The summed E-state index contributed by atoms with van der Waals surface area (Å²) in [6.45, 7) is 0.213. The first-order valence-electron chi connectivity index (χ1n) is 4.87. The van der Waals surface area contributed by atoms with Crippen molar-refractivity contribution in [1.29, 1.82) is 0 Å². The summed E-state index contributed by atoms with van der Waals surface area (Å²) in [6.07, 6.45) is 3.53. The van der Waals surface area contributed by atoms with Gasteiger partial charge in [0.2, 0.25) is 5.91 Å². The molecule has 0 atom stereocenters. The molecule has 17 heavy (non-hydrogen) atoms. The van der Waals surface area contributed by atoms with Crippen molar-refractivity contribution in [3.05, 3.63) is 44.7 Å². The van der Waals surface area contributed by atoms with Crippen LogP contribution in [-0.4, -0.2) is 15.7 Å². The largest absolute Gasteiger partial charge is 0.323 e. The van der Waals surface area contributed by atoms with Gasteiger partial charge in [0.1, 0.15) is 6.54 Å².